The third-order valence-electron chi connectivity index (χ3n) is 1.99. The lowest BCUT2D eigenvalue weighted by molar-refractivity contribution is -0.170. The molecule has 0 N–H and O–H groups in total. The fraction of sp³-hybridized carbons (Fsp3) is 0.273. The molecule has 1 rings (SSSR count). The first-order valence-electron chi connectivity index (χ1n) is 4.59. The Kier molecular flexibility index (Phi) is 3.82. The van der Waals surface area contributed by atoms with Crippen LogP contribution in [0.4, 0.5) is 13.2 Å². The van der Waals surface area contributed by atoms with Crippen LogP contribution in [0.1, 0.15) is 23.2 Å². The molecule has 1 aromatic rings. The van der Waals surface area contributed by atoms with Crippen molar-refractivity contribution in [3.63, 3.8) is 0 Å². The van der Waals surface area contributed by atoms with Gasteiger partial charge in [-0.1, -0.05) is 30.3 Å². The van der Waals surface area contributed by atoms with Gasteiger partial charge in [0.05, 0.1) is 0 Å². The van der Waals surface area contributed by atoms with Gasteiger partial charge < -0.3 is 0 Å². The van der Waals surface area contributed by atoms with E-state index in [-0.39, 0.29) is 0 Å². The molecule has 0 saturated carbocycles. The lowest BCUT2D eigenvalue weighted by Gasteiger charge is -2.04. The molecule has 86 valence electrons. The van der Waals surface area contributed by atoms with E-state index in [1.165, 1.54) is 12.1 Å². The summed E-state index contributed by atoms with van der Waals surface area (Å²) >= 11 is 0. The molecule has 0 bridgehead atoms. The molecule has 0 aliphatic heterocycles. The van der Waals surface area contributed by atoms with E-state index in [1.54, 1.807) is 18.2 Å². The largest absolute Gasteiger partial charge is 0.449 e. The van der Waals surface area contributed by atoms with Crippen molar-refractivity contribution in [2.45, 2.75) is 19.0 Å². The first kappa shape index (κ1) is 12.4. The molecule has 16 heavy (non-hydrogen) atoms. The predicted molar refractivity (Wildman–Crippen MR) is 51.1 cm³/mol. The minimum Gasteiger partial charge on any atom is -0.294 e. The number of Topliss-reactive ketones (excluding diaryl/α,β-unsaturated/α-hetero) is 2. The Labute approximate surface area is 90.1 Å². The number of hydrogen-bond donors (Lipinski definition) is 0. The van der Waals surface area contributed by atoms with E-state index in [9.17, 15) is 22.8 Å². The highest BCUT2D eigenvalue weighted by atomic mass is 19.4. The lowest BCUT2D eigenvalue weighted by Crippen LogP contribution is -2.23. The van der Waals surface area contributed by atoms with Crippen LogP contribution >= 0.6 is 0 Å². The van der Waals surface area contributed by atoms with Gasteiger partial charge in [-0.25, -0.2) is 0 Å². The van der Waals surface area contributed by atoms with Crippen molar-refractivity contribution in [3.8, 4) is 0 Å². The van der Waals surface area contributed by atoms with Gasteiger partial charge in [-0.15, -0.1) is 0 Å². The Morgan fingerprint density at radius 1 is 1.00 bits per heavy atom. The van der Waals surface area contributed by atoms with E-state index in [0.717, 1.165) is 0 Å². The number of ketones is 2. The Bertz CT molecular complexity index is 382. The Hall–Kier alpha value is -1.65. The van der Waals surface area contributed by atoms with Gasteiger partial charge in [0.15, 0.2) is 5.78 Å². The average molecular weight is 230 g/mol. The lowest BCUT2D eigenvalue weighted by atomic mass is 10.1. The monoisotopic (exact) mass is 230 g/mol. The minimum atomic E-state index is -4.85. The molecule has 0 heterocycles. The molecule has 0 radical (unpaired) electrons. The molecule has 0 aliphatic rings. The summed E-state index contributed by atoms with van der Waals surface area (Å²) in [5.41, 5.74) is 0.317. The minimum absolute atomic E-state index is 0.317. The molecule has 5 heteroatoms. The molecular weight excluding hydrogens is 221 g/mol. The van der Waals surface area contributed by atoms with Crippen LogP contribution < -0.4 is 0 Å². The van der Waals surface area contributed by atoms with Crippen LogP contribution in [0.25, 0.3) is 0 Å². The molecule has 0 aromatic heterocycles. The van der Waals surface area contributed by atoms with Crippen LogP contribution in [0.5, 0.6) is 0 Å². The van der Waals surface area contributed by atoms with Crippen molar-refractivity contribution < 1.29 is 22.8 Å². The first-order valence-corrected chi connectivity index (χ1v) is 4.59. The zero-order chi connectivity index (χ0) is 12.2. The maximum atomic E-state index is 11.8. The van der Waals surface area contributed by atoms with Gasteiger partial charge >= 0.3 is 6.18 Å². The van der Waals surface area contributed by atoms with Crippen LogP contribution in [0.15, 0.2) is 30.3 Å². The number of carbonyl (C=O) groups excluding carboxylic acids is 2. The van der Waals surface area contributed by atoms with Crippen LogP contribution in [0.2, 0.25) is 0 Å². The first-order chi connectivity index (χ1) is 7.41. The van der Waals surface area contributed by atoms with Crippen LogP contribution in [0, 0.1) is 0 Å². The maximum absolute atomic E-state index is 11.8. The Morgan fingerprint density at radius 2 is 1.56 bits per heavy atom. The highest BCUT2D eigenvalue weighted by Gasteiger charge is 2.37. The van der Waals surface area contributed by atoms with Gasteiger partial charge in [0.25, 0.3) is 0 Å². The molecule has 0 fully saturated rings. The number of alkyl halides is 3. The number of rotatable bonds is 4. The van der Waals surface area contributed by atoms with E-state index in [2.05, 4.69) is 0 Å². The van der Waals surface area contributed by atoms with Crippen LogP contribution in [0.3, 0.4) is 0 Å². The molecular formula is C11H9F3O2. The van der Waals surface area contributed by atoms with Crippen molar-refractivity contribution >= 4 is 11.6 Å². The van der Waals surface area contributed by atoms with E-state index < -0.39 is 30.6 Å². The van der Waals surface area contributed by atoms with Crippen molar-refractivity contribution in [1.29, 1.82) is 0 Å². The highest BCUT2D eigenvalue weighted by Crippen LogP contribution is 2.19. The van der Waals surface area contributed by atoms with Crippen molar-refractivity contribution in [1.82, 2.24) is 0 Å². The SMILES string of the molecule is O=C(CCC(=O)C(F)(F)F)c1ccccc1. The number of hydrogen-bond acceptors (Lipinski definition) is 2. The van der Waals surface area contributed by atoms with E-state index in [4.69, 9.17) is 0 Å². The molecule has 0 atom stereocenters. The zero-order valence-corrected chi connectivity index (χ0v) is 8.25. The van der Waals surface area contributed by atoms with E-state index >= 15 is 0 Å². The molecule has 1 aromatic carbocycles. The van der Waals surface area contributed by atoms with E-state index in [0.29, 0.717) is 5.56 Å². The van der Waals surface area contributed by atoms with Crippen LogP contribution in [-0.2, 0) is 4.79 Å². The highest BCUT2D eigenvalue weighted by molar-refractivity contribution is 5.98. The van der Waals surface area contributed by atoms with Gasteiger partial charge in [-0.05, 0) is 0 Å². The van der Waals surface area contributed by atoms with Gasteiger partial charge in [0.1, 0.15) is 0 Å². The molecule has 0 aliphatic carbocycles. The topological polar surface area (TPSA) is 34.1 Å². The molecule has 0 spiro atoms. The molecule has 2 nitrogen and oxygen atoms in total. The summed E-state index contributed by atoms with van der Waals surface area (Å²) < 4.78 is 35.5. The summed E-state index contributed by atoms with van der Waals surface area (Å²) in [6, 6.07) is 7.91. The third-order valence-corrected chi connectivity index (χ3v) is 1.99. The summed E-state index contributed by atoms with van der Waals surface area (Å²) in [6.07, 6.45) is -6.06. The second kappa shape index (κ2) is 4.92. The molecule has 0 saturated heterocycles. The second-order valence-corrected chi connectivity index (χ2v) is 3.21. The summed E-state index contributed by atoms with van der Waals surface area (Å²) in [5, 5.41) is 0. The fourth-order valence-corrected chi connectivity index (χ4v) is 1.14. The Balaban J connectivity index is 2.52. The quantitative estimate of drug-likeness (QED) is 0.745. The summed E-state index contributed by atoms with van der Waals surface area (Å²) in [7, 11) is 0. The molecule has 0 unspecified atom stereocenters. The second-order valence-electron chi connectivity index (χ2n) is 3.21. The number of benzene rings is 1. The Morgan fingerprint density at radius 3 is 2.06 bits per heavy atom. The van der Waals surface area contributed by atoms with Gasteiger partial charge in [-0.2, -0.15) is 13.2 Å². The third kappa shape index (κ3) is 3.49. The maximum Gasteiger partial charge on any atom is 0.449 e. The summed E-state index contributed by atoms with van der Waals surface area (Å²) in [5.74, 6) is -2.32. The van der Waals surface area contributed by atoms with E-state index in [1.807, 2.05) is 0 Å². The fourth-order valence-electron chi connectivity index (χ4n) is 1.14. The normalized spacial score (nSPS) is 11.2. The predicted octanol–water partition coefficient (Wildman–Crippen LogP) is 2.78. The van der Waals surface area contributed by atoms with Gasteiger partial charge in [-0.3, -0.25) is 9.59 Å². The number of carbonyl (C=O) groups is 2. The zero-order valence-electron chi connectivity index (χ0n) is 8.25. The average Bonchev–Trinajstić information content (AvgIpc) is 2.25. The van der Waals surface area contributed by atoms with Crippen molar-refractivity contribution in [2.24, 2.45) is 0 Å². The standard InChI is InChI=1S/C11H9F3O2/c12-11(13,14)10(16)7-6-9(15)8-4-2-1-3-5-8/h1-5H,6-7H2. The van der Waals surface area contributed by atoms with Crippen molar-refractivity contribution in [3.05, 3.63) is 35.9 Å². The smallest absolute Gasteiger partial charge is 0.294 e. The van der Waals surface area contributed by atoms with Crippen molar-refractivity contribution in [2.75, 3.05) is 0 Å². The summed E-state index contributed by atoms with van der Waals surface area (Å²) in [6.45, 7) is 0. The van der Waals surface area contributed by atoms with Gasteiger partial charge in [0.2, 0.25) is 5.78 Å². The van der Waals surface area contributed by atoms with Crippen LogP contribution in [-0.4, -0.2) is 17.7 Å². The molecule has 0 amide bonds. The summed E-state index contributed by atoms with van der Waals surface area (Å²) in [4.78, 5) is 21.9. The van der Waals surface area contributed by atoms with Gasteiger partial charge in [0, 0.05) is 18.4 Å². The number of halogens is 3.